The van der Waals surface area contributed by atoms with E-state index in [9.17, 15) is 0 Å². The fraction of sp³-hybridized carbons (Fsp3) is 0.692. The normalized spacial score (nSPS) is 25.5. The van der Waals surface area contributed by atoms with Crippen LogP contribution in [0.5, 0.6) is 0 Å². The third-order valence-corrected chi connectivity index (χ3v) is 4.26. The number of ether oxygens (including phenoxy) is 1. The second-order valence-electron chi connectivity index (χ2n) is 4.90. The number of nitrogens with one attached hydrogen (secondary N) is 1. The molecule has 1 fully saturated rings. The third-order valence-electron chi connectivity index (χ3n) is 3.03. The molecule has 2 atom stereocenters. The van der Waals surface area contributed by atoms with E-state index < -0.39 is 0 Å². The molecular weight excluding hydrogens is 268 g/mol. The molecule has 2 rings (SSSR count). The molecule has 2 heterocycles. The highest BCUT2D eigenvalue weighted by molar-refractivity contribution is 7.16. The van der Waals surface area contributed by atoms with Gasteiger partial charge in [-0.05, 0) is 26.0 Å². The Morgan fingerprint density at radius 1 is 1.39 bits per heavy atom. The lowest BCUT2D eigenvalue weighted by Gasteiger charge is -2.35. The first-order valence-corrected chi connectivity index (χ1v) is 7.65. The van der Waals surface area contributed by atoms with E-state index in [1.54, 1.807) is 11.3 Å². The second-order valence-corrected chi connectivity index (χ2v) is 6.70. The van der Waals surface area contributed by atoms with Crippen LogP contribution in [-0.2, 0) is 11.3 Å². The van der Waals surface area contributed by atoms with Crippen LogP contribution in [0.1, 0.15) is 18.7 Å². The molecule has 2 unspecified atom stereocenters. The van der Waals surface area contributed by atoms with Gasteiger partial charge >= 0.3 is 0 Å². The van der Waals surface area contributed by atoms with Gasteiger partial charge in [0.15, 0.2) is 0 Å². The van der Waals surface area contributed by atoms with Crippen LogP contribution in [0.15, 0.2) is 12.1 Å². The summed E-state index contributed by atoms with van der Waals surface area (Å²) >= 11 is 7.54. The maximum atomic E-state index is 5.90. The Morgan fingerprint density at radius 3 is 2.72 bits per heavy atom. The smallest absolute Gasteiger partial charge is 0.0931 e. The van der Waals surface area contributed by atoms with Gasteiger partial charge in [0.2, 0.25) is 0 Å². The van der Waals surface area contributed by atoms with Crippen molar-refractivity contribution in [2.45, 2.75) is 32.6 Å². The average Bonchev–Trinajstić information content (AvgIpc) is 2.69. The third kappa shape index (κ3) is 4.52. The lowest BCUT2D eigenvalue weighted by Crippen LogP contribution is -2.47. The minimum atomic E-state index is 0.352. The van der Waals surface area contributed by atoms with Crippen molar-refractivity contribution in [1.29, 1.82) is 0 Å². The van der Waals surface area contributed by atoms with Crippen LogP contribution >= 0.6 is 22.9 Å². The molecule has 1 aliphatic rings. The van der Waals surface area contributed by atoms with Crippen molar-refractivity contribution in [1.82, 2.24) is 10.2 Å². The summed E-state index contributed by atoms with van der Waals surface area (Å²) in [4.78, 5) is 3.76. The monoisotopic (exact) mass is 288 g/mol. The van der Waals surface area contributed by atoms with Crippen molar-refractivity contribution < 1.29 is 4.74 Å². The molecule has 0 radical (unpaired) electrons. The zero-order valence-electron chi connectivity index (χ0n) is 11.0. The molecule has 1 aromatic rings. The van der Waals surface area contributed by atoms with Crippen molar-refractivity contribution in [3.05, 3.63) is 21.3 Å². The van der Waals surface area contributed by atoms with E-state index in [1.165, 1.54) is 4.88 Å². The van der Waals surface area contributed by atoms with Gasteiger partial charge in [-0.15, -0.1) is 11.3 Å². The van der Waals surface area contributed by atoms with Gasteiger partial charge < -0.3 is 10.1 Å². The van der Waals surface area contributed by atoms with Crippen molar-refractivity contribution in [3.8, 4) is 0 Å². The van der Waals surface area contributed by atoms with E-state index in [0.29, 0.717) is 12.2 Å². The van der Waals surface area contributed by atoms with E-state index in [0.717, 1.165) is 37.1 Å². The SMILES string of the molecule is CC1CN(CCNCc2ccc(Cl)s2)CC(C)O1. The van der Waals surface area contributed by atoms with Gasteiger partial charge in [0.05, 0.1) is 16.5 Å². The lowest BCUT2D eigenvalue weighted by atomic mass is 10.2. The standard InChI is InChI=1S/C13H21ClN2OS/c1-10-8-16(9-11(2)17-10)6-5-15-7-12-3-4-13(14)18-12/h3-4,10-11,15H,5-9H2,1-2H3. The molecule has 0 spiro atoms. The molecule has 1 aromatic heterocycles. The Bertz CT molecular complexity index is 362. The highest BCUT2D eigenvalue weighted by atomic mass is 35.5. The molecular formula is C13H21ClN2OS. The minimum Gasteiger partial charge on any atom is -0.373 e. The Morgan fingerprint density at radius 2 is 2.11 bits per heavy atom. The quantitative estimate of drug-likeness (QED) is 0.843. The number of halogens is 1. The highest BCUT2D eigenvalue weighted by Gasteiger charge is 2.21. The molecule has 0 amide bonds. The summed E-state index contributed by atoms with van der Waals surface area (Å²) in [7, 11) is 0. The summed E-state index contributed by atoms with van der Waals surface area (Å²) in [5.74, 6) is 0. The van der Waals surface area contributed by atoms with Gasteiger partial charge in [-0.1, -0.05) is 11.6 Å². The maximum Gasteiger partial charge on any atom is 0.0931 e. The van der Waals surface area contributed by atoms with E-state index in [1.807, 2.05) is 6.07 Å². The molecule has 5 heteroatoms. The van der Waals surface area contributed by atoms with Crippen molar-refractivity contribution >= 4 is 22.9 Å². The Balaban J connectivity index is 1.63. The van der Waals surface area contributed by atoms with E-state index in [-0.39, 0.29) is 0 Å². The number of nitrogens with zero attached hydrogens (tertiary/aromatic N) is 1. The van der Waals surface area contributed by atoms with Gasteiger partial charge in [-0.2, -0.15) is 0 Å². The van der Waals surface area contributed by atoms with Crippen LogP contribution in [0.2, 0.25) is 4.34 Å². The van der Waals surface area contributed by atoms with Gasteiger partial charge in [0.25, 0.3) is 0 Å². The number of hydrogen-bond acceptors (Lipinski definition) is 4. The zero-order chi connectivity index (χ0) is 13.0. The van der Waals surface area contributed by atoms with E-state index >= 15 is 0 Å². The number of thiophene rings is 1. The first-order valence-electron chi connectivity index (χ1n) is 6.46. The molecule has 18 heavy (non-hydrogen) atoms. The van der Waals surface area contributed by atoms with Gasteiger partial charge in [0, 0.05) is 37.6 Å². The minimum absolute atomic E-state index is 0.352. The van der Waals surface area contributed by atoms with Crippen LogP contribution in [0, 0.1) is 0 Å². The fourth-order valence-corrected chi connectivity index (χ4v) is 3.42. The summed E-state index contributed by atoms with van der Waals surface area (Å²) in [5.41, 5.74) is 0. The number of hydrogen-bond donors (Lipinski definition) is 1. The first kappa shape index (κ1) is 14.3. The fourth-order valence-electron chi connectivity index (χ4n) is 2.36. The van der Waals surface area contributed by atoms with Gasteiger partial charge in [-0.25, -0.2) is 0 Å². The summed E-state index contributed by atoms with van der Waals surface area (Å²) in [5, 5.41) is 3.46. The molecule has 1 aliphatic heterocycles. The van der Waals surface area contributed by atoms with Crippen LogP contribution in [0.4, 0.5) is 0 Å². The Kier molecular flexibility index (Phi) is 5.45. The molecule has 102 valence electrons. The largest absolute Gasteiger partial charge is 0.373 e. The molecule has 1 saturated heterocycles. The van der Waals surface area contributed by atoms with Crippen molar-refractivity contribution in [2.24, 2.45) is 0 Å². The van der Waals surface area contributed by atoms with Crippen molar-refractivity contribution in [2.75, 3.05) is 26.2 Å². The van der Waals surface area contributed by atoms with E-state index in [4.69, 9.17) is 16.3 Å². The molecule has 1 N–H and O–H groups in total. The van der Waals surface area contributed by atoms with Crippen LogP contribution in [-0.4, -0.2) is 43.3 Å². The number of rotatable bonds is 5. The highest BCUT2D eigenvalue weighted by Crippen LogP contribution is 2.20. The van der Waals surface area contributed by atoms with Gasteiger partial charge in [0.1, 0.15) is 0 Å². The van der Waals surface area contributed by atoms with Crippen LogP contribution in [0.3, 0.4) is 0 Å². The molecule has 0 saturated carbocycles. The summed E-state index contributed by atoms with van der Waals surface area (Å²) in [6, 6.07) is 4.04. The van der Waals surface area contributed by atoms with Gasteiger partial charge in [-0.3, -0.25) is 4.90 Å². The van der Waals surface area contributed by atoms with Crippen LogP contribution in [0.25, 0.3) is 0 Å². The predicted octanol–water partition coefficient (Wildman–Crippen LogP) is 2.60. The summed E-state index contributed by atoms with van der Waals surface area (Å²) < 4.78 is 6.58. The van der Waals surface area contributed by atoms with Crippen LogP contribution < -0.4 is 5.32 Å². The Labute approximate surface area is 118 Å². The summed E-state index contributed by atoms with van der Waals surface area (Å²) in [6.07, 6.45) is 0.703. The van der Waals surface area contributed by atoms with E-state index in [2.05, 4.69) is 30.1 Å². The Hall–Kier alpha value is -0.130. The predicted molar refractivity (Wildman–Crippen MR) is 77.5 cm³/mol. The first-order chi connectivity index (χ1) is 8.63. The summed E-state index contributed by atoms with van der Waals surface area (Å²) in [6.45, 7) is 9.36. The van der Waals surface area contributed by atoms with Crippen molar-refractivity contribution in [3.63, 3.8) is 0 Å². The molecule has 0 bridgehead atoms. The lowest BCUT2D eigenvalue weighted by molar-refractivity contribution is -0.0674. The topological polar surface area (TPSA) is 24.5 Å². The average molecular weight is 289 g/mol. The second kappa shape index (κ2) is 6.87. The maximum absolute atomic E-state index is 5.90. The molecule has 0 aromatic carbocycles. The molecule has 0 aliphatic carbocycles. The molecule has 3 nitrogen and oxygen atoms in total. The number of morpholine rings is 1. The zero-order valence-corrected chi connectivity index (χ0v) is 12.6.